The Kier molecular flexibility index (Phi) is 4.48. The maximum atomic E-state index is 5.38. The van der Waals surface area contributed by atoms with Crippen LogP contribution in [0.15, 0.2) is 0 Å². The fraction of sp³-hybridized carbons (Fsp3) is 1.00. The lowest BCUT2D eigenvalue weighted by Crippen LogP contribution is -2.52. The lowest BCUT2D eigenvalue weighted by Gasteiger charge is -2.43. The largest absolute Gasteiger partial charge is 0.380 e. The maximum absolute atomic E-state index is 5.38. The minimum Gasteiger partial charge on any atom is -0.380 e. The Hall–Kier alpha value is -0.0800. The summed E-state index contributed by atoms with van der Waals surface area (Å²) in [6.07, 6.45) is 13.3. The van der Waals surface area contributed by atoms with E-state index >= 15 is 0 Å². The van der Waals surface area contributed by atoms with E-state index in [1.54, 1.807) is 0 Å². The van der Waals surface area contributed by atoms with Gasteiger partial charge in [0.05, 0.1) is 13.2 Å². The van der Waals surface area contributed by atoms with Gasteiger partial charge >= 0.3 is 0 Å². The van der Waals surface area contributed by atoms with Gasteiger partial charge in [-0.1, -0.05) is 51.9 Å². The lowest BCUT2D eigenvalue weighted by atomic mass is 9.70. The van der Waals surface area contributed by atoms with Crippen molar-refractivity contribution >= 4 is 0 Å². The molecule has 1 aliphatic heterocycles. The Morgan fingerprint density at radius 1 is 0.947 bits per heavy atom. The second kappa shape index (κ2) is 6.13. The number of hydrogen-bond donors (Lipinski definition) is 1. The van der Waals surface area contributed by atoms with Crippen LogP contribution < -0.4 is 5.32 Å². The molecule has 0 amide bonds. The highest BCUT2D eigenvalue weighted by atomic mass is 16.5. The molecule has 110 valence electrons. The first-order valence-electron chi connectivity index (χ1n) is 8.58. The van der Waals surface area contributed by atoms with Crippen LogP contribution in [0.5, 0.6) is 0 Å². The summed E-state index contributed by atoms with van der Waals surface area (Å²) in [7, 11) is 0. The first-order chi connectivity index (χ1) is 9.27. The van der Waals surface area contributed by atoms with Gasteiger partial charge in [0.2, 0.25) is 0 Å². The van der Waals surface area contributed by atoms with E-state index in [4.69, 9.17) is 4.74 Å². The Labute approximate surface area is 118 Å². The highest BCUT2D eigenvalue weighted by Gasteiger charge is 2.36. The van der Waals surface area contributed by atoms with Crippen molar-refractivity contribution < 1.29 is 4.74 Å². The van der Waals surface area contributed by atoms with E-state index in [0.29, 0.717) is 5.41 Å². The molecule has 0 radical (unpaired) electrons. The van der Waals surface area contributed by atoms with Crippen LogP contribution in [-0.4, -0.2) is 25.8 Å². The van der Waals surface area contributed by atoms with E-state index in [-0.39, 0.29) is 0 Å². The third-order valence-corrected chi connectivity index (χ3v) is 5.77. The van der Waals surface area contributed by atoms with Crippen LogP contribution in [0.4, 0.5) is 0 Å². The number of nitrogens with one attached hydrogen (secondary N) is 1. The molecule has 1 heterocycles. The zero-order chi connectivity index (χ0) is 13.1. The number of hydrogen-bond acceptors (Lipinski definition) is 2. The van der Waals surface area contributed by atoms with Crippen LogP contribution in [0.25, 0.3) is 0 Å². The van der Waals surface area contributed by atoms with Gasteiger partial charge in [0.1, 0.15) is 0 Å². The Morgan fingerprint density at radius 2 is 1.63 bits per heavy atom. The van der Waals surface area contributed by atoms with Gasteiger partial charge < -0.3 is 10.1 Å². The van der Waals surface area contributed by atoms with Crippen molar-refractivity contribution in [2.24, 2.45) is 17.3 Å². The van der Waals surface area contributed by atoms with Gasteiger partial charge in [-0.25, -0.2) is 0 Å². The van der Waals surface area contributed by atoms with Crippen molar-refractivity contribution in [2.45, 2.75) is 70.8 Å². The summed E-state index contributed by atoms with van der Waals surface area (Å²) in [6, 6.07) is 0.800. The molecule has 1 N–H and O–H groups in total. The van der Waals surface area contributed by atoms with Crippen LogP contribution in [0.1, 0.15) is 64.7 Å². The second-order valence-electron chi connectivity index (χ2n) is 7.64. The number of ether oxygens (including phenoxy) is 1. The molecule has 2 nitrogen and oxygen atoms in total. The summed E-state index contributed by atoms with van der Waals surface area (Å²) in [5.74, 6) is 2.00. The smallest absolute Gasteiger partial charge is 0.0554 e. The molecule has 0 aromatic rings. The second-order valence-corrected chi connectivity index (χ2v) is 7.64. The Balaban J connectivity index is 1.53. The van der Waals surface area contributed by atoms with Crippen molar-refractivity contribution in [1.82, 2.24) is 5.32 Å². The van der Waals surface area contributed by atoms with E-state index in [1.807, 2.05) is 0 Å². The molecule has 2 saturated carbocycles. The fourth-order valence-corrected chi connectivity index (χ4v) is 4.47. The highest BCUT2D eigenvalue weighted by Crippen LogP contribution is 2.38. The molecule has 0 aromatic carbocycles. The maximum Gasteiger partial charge on any atom is 0.0554 e. The van der Waals surface area contributed by atoms with Crippen molar-refractivity contribution in [3.8, 4) is 0 Å². The number of rotatable bonds is 4. The van der Waals surface area contributed by atoms with E-state index in [0.717, 1.165) is 31.1 Å². The van der Waals surface area contributed by atoms with Crippen molar-refractivity contribution in [2.75, 3.05) is 19.8 Å². The predicted molar refractivity (Wildman–Crippen MR) is 79.2 cm³/mol. The Morgan fingerprint density at radius 3 is 2.32 bits per heavy atom. The van der Waals surface area contributed by atoms with E-state index < -0.39 is 0 Å². The molecule has 0 aromatic heterocycles. The average Bonchev–Trinajstić information content (AvgIpc) is 2.44. The molecular formula is C17H31NO. The topological polar surface area (TPSA) is 21.3 Å². The first-order valence-corrected chi connectivity index (χ1v) is 8.58. The highest BCUT2D eigenvalue weighted by molar-refractivity contribution is 4.90. The summed E-state index contributed by atoms with van der Waals surface area (Å²) in [5, 5.41) is 3.93. The fourth-order valence-electron chi connectivity index (χ4n) is 4.47. The molecule has 2 atom stereocenters. The third kappa shape index (κ3) is 3.33. The van der Waals surface area contributed by atoms with E-state index in [9.17, 15) is 0 Å². The van der Waals surface area contributed by atoms with E-state index in [2.05, 4.69) is 12.2 Å². The van der Waals surface area contributed by atoms with Gasteiger partial charge in [0.25, 0.3) is 0 Å². The van der Waals surface area contributed by atoms with Gasteiger partial charge in [-0.2, -0.15) is 0 Å². The minimum atomic E-state index is 0.425. The average molecular weight is 265 g/mol. The molecule has 3 fully saturated rings. The summed E-state index contributed by atoms with van der Waals surface area (Å²) in [5.41, 5.74) is 0.425. The zero-order valence-electron chi connectivity index (χ0n) is 12.6. The molecular weight excluding hydrogens is 234 g/mol. The van der Waals surface area contributed by atoms with Crippen LogP contribution in [0.3, 0.4) is 0 Å². The predicted octanol–water partition coefficient (Wildman–Crippen LogP) is 3.75. The van der Waals surface area contributed by atoms with Crippen LogP contribution in [-0.2, 0) is 4.74 Å². The van der Waals surface area contributed by atoms with Crippen LogP contribution >= 0.6 is 0 Å². The minimum absolute atomic E-state index is 0.425. The quantitative estimate of drug-likeness (QED) is 0.836. The van der Waals surface area contributed by atoms with Gasteiger partial charge in [-0.3, -0.25) is 0 Å². The summed E-state index contributed by atoms with van der Waals surface area (Å²) in [6.45, 7) is 5.45. The van der Waals surface area contributed by atoms with Crippen LogP contribution in [0.2, 0.25) is 0 Å². The first kappa shape index (κ1) is 13.9. The molecule has 3 aliphatic rings. The molecule has 0 spiro atoms. The monoisotopic (exact) mass is 265 g/mol. The summed E-state index contributed by atoms with van der Waals surface area (Å²) >= 11 is 0. The van der Waals surface area contributed by atoms with Gasteiger partial charge in [-0.15, -0.1) is 0 Å². The van der Waals surface area contributed by atoms with Crippen molar-refractivity contribution in [1.29, 1.82) is 0 Å². The molecule has 2 unspecified atom stereocenters. The molecule has 1 saturated heterocycles. The normalized spacial score (nSPS) is 35.8. The molecule has 2 heteroatoms. The zero-order valence-corrected chi connectivity index (χ0v) is 12.6. The third-order valence-electron chi connectivity index (χ3n) is 5.77. The van der Waals surface area contributed by atoms with Gasteiger partial charge in [0, 0.05) is 18.0 Å². The standard InChI is InChI=1S/C17H31NO/c1-17(12-19-13-17)11-18-16-10-6-5-9-15(16)14-7-3-2-4-8-14/h14-16,18H,2-13H2,1H3. The molecule has 2 aliphatic carbocycles. The van der Waals surface area contributed by atoms with Gasteiger partial charge in [-0.05, 0) is 24.7 Å². The molecule has 19 heavy (non-hydrogen) atoms. The lowest BCUT2D eigenvalue weighted by molar-refractivity contribution is -0.101. The van der Waals surface area contributed by atoms with Crippen LogP contribution in [0, 0.1) is 17.3 Å². The summed E-state index contributed by atoms with van der Waals surface area (Å²) in [4.78, 5) is 0. The Bertz CT molecular complexity index is 281. The van der Waals surface area contributed by atoms with Gasteiger partial charge in [0.15, 0.2) is 0 Å². The molecule has 0 bridgehead atoms. The van der Waals surface area contributed by atoms with E-state index in [1.165, 1.54) is 64.3 Å². The molecule has 3 rings (SSSR count). The SMILES string of the molecule is CC1(CNC2CCCCC2C2CCCCC2)COC1. The summed E-state index contributed by atoms with van der Waals surface area (Å²) < 4.78 is 5.38. The van der Waals surface area contributed by atoms with Crippen molar-refractivity contribution in [3.05, 3.63) is 0 Å². The van der Waals surface area contributed by atoms with Crippen molar-refractivity contribution in [3.63, 3.8) is 0 Å².